The first-order valence-corrected chi connectivity index (χ1v) is 6.63. The monoisotopic (exact) mass is 248 g/mol. The lowest BCUT2D eigenvalue weighted by molar-refractivity contribution is -0.130. The topological polar surface area (TPSA) is 46.3 Å². The first-order valence-electron chi connectivity index (χ1n) is 6.63. The summed E-state index contributed by atoms with van der Waals surface area (Å²) in [5.74, 6) is 0.214. The highest BCUT2D eigenvalue weighted by Crippen LogP contribution is 2.06. The van der Waals surface area contributed by atoms with E-state index in [1.54, 1.807) is 4.90 Å². The van der Waals surface area contributed by atoms with Crippen molar-refractivity contribution in [3.05, 3.63) is 35.9 Å². The molecule has 1 rings (SSSR count). The van der Waals surface area contributed by atoms with Gasteiger partial charge in [0.25, 0.3) is 0 Å². The van der Waals surface area contributed by atoms with E-state index in [4.69, 9.17) is 5.73 Å². The first kappa shape index (κ1) is 14.7. The molecule has 3 heteroatoms. The molecule has 1 unspecified atom stereocenters. The van der Waals surface area contributed by atoms with E-state index in [-0.39, 0.29) is 11.9 Å². The largest absolute Gasteiger partial charge is 0.346 e. The number of aryl methyl sites for hydroxylation is 1. The molecule has 0 saturated carbocycles. The van der Waals surface area contributed by atoms with E-state index >= 15 is 0 Å². The van der Waals surface area contributed by atoms with Gasteiger partial charge < -0.3 is 10.6 Å². The minimum atomic E-state index is 0.157. The molecule has 0 radical (unpaired) electrons. The summed E-state index contributed by atoms with van der Waals surface area (Å²) in [6.07, 6.45) is 3.35. The zero-order chi connectivity index (χ0) is 13.4. The highest BCUT2D eigenvalue weighted by Gasteiger charge is 2.08. The molecule has 0 aromatic heterocycles. The van der Waals surface area contributed by atoms with Crippen LogP contribution in [0.15, 0.2) is 30.3 Å². The van der Waals surface area contributed by atoms with Gasteiger partial charge in [-0.05, 0) is 31.7 Å². The van der Waals surface area contributed by atoms with Gasteiger partial charge in [0.2, 0.25) is 5.91 Å². The predicted molar refractivity (Wildman–Crippen MR) is 75.3 cm³/mol. The van der Waals surface area contributed by atoms with Gasteiger partial charge in [-0.3, -0.25) is 4.79 Å². The van der Waals surface area contributed by atoms with E-state index < -0.39 is 0 Å². The average molecular weight is 248 g/mol. The number of hydrogen-bond donors (Lipinski definition) is 1. The van der Waals surface area contributed by atoms with Gasteiger partial charge in [0.05, 0.1) is 0 Å². The van der Waals surface area contributed by atoms with Crippen LogP contribution in [0, 0.1) is 0 Å². The van der Waals surface area contributed by atoms with Crippen molar-refractivity contribution < 1.29 is 4.79 Å². The smallest absolute Gasteiger partial charge is 0.222 e. The van der Waals surface area contributed by atoms with Crippen LogP contribution >= 0.6 is 0 Å². The van der Waals surface area contributed by atoms with Crippen molar-refractivity contribution in [1.29, 1.82) is 0 Å². The van der Waals surface area contributed by atoms with Crippen LogP contribution in [-0.2, 0) is 11.2 Å². The van der Waals surface area contributed by atoms with Gasteiger partial charge in [-0.15, -0.1) is 0 Å². The van der Waals surface area contributed by atoms with Gasteiger partial charge in [0, 0.05) is 26.1 Å². The highest BCUT2D eigenvalue weighted by atomic mass is 16.2. The van der Waals surface area contributed by atoms with Gasteiger partial charge in [-0.1, -0.05) is 30.3 Å². The average Bonchev–Trinajstić information content (AvgIpc) is 2.37. The summed E-state index contributed by atoms with van der Waals surface area (Å²) in [5.41, 5.74) is 6.97. The minimum Gasteiger partial charge on any atom is -0.346 e. The predicted octanol–water partition coefficient (Wildman–Crippen LogP) is 2.21. The maximum Gasteiger partial charge on any atom is 0.222 e. The molecule has 1 aromatic rings. The van der Waals surface area contributed by atoms with Crippen LogP contribution < -0.4 is 5.73 Å². The van der Waals surface area contributed by atoms with E-state index in [1.807, 2.05) is 32.2 Å². The quantitative estimate of drug-likeness (QED) is 0.804. The lowest BCUT2D eigenvalue weighted by Crippen LogP contribution is -2.31. The highest BCUT2D eigenvalue weighted by molar-refractivity contribution is 5.75. The molecule has 0 spiro atoms. The third kappa shape index (κ3) is 5.82. The molecule has 18 heavy (non-hydrogen) atoms. The van der Waals surface area contributed by atoms with Gasteiger partial charge in [-0.25, -0.2) is 0 Å². The summed E-state index contributed by atoms with van der Waals surface area (Å²) in [6.45, 7) is 2.72. The number of carbonyl (C=O) groups excluding carboxylic acids is 1. The fourth-order valence-electron chi connectivity index (χ4n) is 1.80. The zero-order valence-corrected chi connectivity index (χ0v) is 11.4. The number of carbonyl (C=O) groups is 1. The molecule has 3 nitrogen and oxygen atoms in total. The Morgan fingerprint density at radius 2 is 2.00 bits per heavy atom. The molecule has 0 aliphatic rings. The Balaban J connectivity index is 2.20. The van der Waals surface area contributed by atoms with Crippen molar-refractivity contribution in [3.63, 3.8) is 0 Å². The SMILES string of the molecule is CC(N)CCN(C)C(=O)CCCc1ccccc1. The standard InChI is InChI=1S/C15H24N2O/c1-13(16)11-12-17(2)15(18)10-6-9-14-7-4-3-5-8-14/h3-5,7-8,13H,6,9-12,16H2,1-2H3. The van der Waals surface area contributed by atoms with Crippen molar-refractivity contribution in [2.24, 2.45) is 5.73 Å². The molecule has 2 N–H and O–H groups in total. The maximum atomic E-state index is 11.8. The number of benzene rings is 1. The number of nitrogens with zero attached hydrogens (tertiary/aromatic N) is 1. The maximum absolute atomic E-state index is 11.8. The van der Waals surface area contributed by atoms with E-state index in [0.29, 0.717) is 6.42 Å². The summed E-state index contributed by atoms with van der Waals surface area (Å²) in [6, 6.07) is 10.4. The van der Waals surface area contributed by atoms with E-state index in [2.05, 4.69) is 12.1 Å². The Kier molecular flexibility index (Phi) is 6.44. The summed E-state index contributed by atoms with van der Waals surface area (Å²) in [7, 11) is 1.85. The summed E-state index contributed by atoms with van der Waals surface area (Å²) in [4.78, 5) is 13.6. The molecule has 0 aliphatic carbocycles. The fraction of sp³-hybridized carbons (Fsp3) is 0.533. The Labute approximate surface area is 110 Å². The Morgan fingerprint density at radius 1 is 1.33 bits per heavy atom. The fourth-order valence-corrected chi connectivity index (χ4v) is 1.80. The van der Waals surface area contributed by atoms with Gasteiger partial charge in [-0.2, -0.15) is 0 Å². The molecule has 0 heterocycles. The summed E-state index contributed by atoms with van der Waals surface area (Å²) >= 11 is 0. The zero-order valence-electron chi connectivity index (χ0n) is 11.4. The van der Waals surface area contributed by atoms with Crippen molar-refractivity contribution >= 4 is 5.91 Å². The van der Waals surface area contributed by atoms with Gasteiger partial charge >= 0.3 is 0 Å². The van der Waals surface area contributed by atoms with Gasteiger partial charge in [0.15, 0.2) is 0 Å². The second-order valence-electron chi connectivity index (χ2n) is 4.92. The molecule has 100 valence electrons. The first-order chi connectivity index (χ1) is 8.59. The lowest BCUT2D eigenvalue weighted by Gasteiger charge is -2.18. The molecule has 1 aromatic carbocycles. The summed E-state index contributed by atoms with van der Waals surface area (Å²) < 4.78 is 0. The molecule has 0 aliphatic heterocycles. The number of nitrogens with two attached hydrogens (primary N) is 1. The van der Waals surface area contributed by atoms with Crippen LogP contribution in [0.4, 0.5) is 0 Å². The molecular formula is C15H24N2O. The molecule has 0 saturated heterocycles. The van der Waals surface area contributed by atoms with Crippen molar-refractivity contribution in [2.75, 3.05) is 13.6 Å². The second-order valence-corrected chi connectivity index (χ2v) is 4.92. The molecule has 0 bridgehead atoms. The number of amides is 1. The Hall–Kier alpha value is -1.35. The van der Waals surface area contributed by atoms with Crippen LogP contribution in [0.3, 0.4) is 0 Å². The molecule has 1 atom stereocenters. The van der Waals surface area contributed by atoms with Gasteiger partial charge in [0.1, 0.15) is 0 Å². The van der Waals surface area contributed by atoms with Crippen LogP contribution in [0.5, 0.6) is 0 Å². The second kappa shape index (κ2) is 7.88. The molecule has 1 amide bonds. The van der Waals surface area contributed by atoms with Crippen molar-refractivity contribution in [3.8, 4) is 0 Å². The van der Waals surface area contributed by atoms with E-state index in [0.717, 1.165) is 25.8 Å². The third-order valence-electron chi connectivity index (χ3n) is 3.04. The van der Waals surface area contributed by atoms with Crippen molar-refractivity contribution in [2.45, 2.75) is 38.6 Å². The minimum absolute atomic E-state index is 0.157. The molecule has 0 fully saturated rings. The summed E-state index contributed by atoms with van der Waals surface area (Å²) in [5, 5.41) is 0. The van der Waals surface area contributed by atoms with Crippen molar-refractivity contribution in [1.82, 2.24) is 4.90 Å². The lowest BCUT2D eigenvalue weighted by atomic mass is 10.1. The van der Waals surface area contributed by atoms with Crippen LogP contribution in [0.25, 0.3) is 0 Å². The molecular weight excluding hydrogens is 224 g/mol. The number of rotatable bonds is 7. The number of hydrogen-bond acceptors (Lipinski definition) is 2. The van der Waals surface area contributed by atoms with Crippen LogP contribution in [-0.4, -0.2) is 30.4 Å². The Bertz CT molecular complexity index is 349. The van der Waals surface area contributed by atoms with Crippen LogP contribution in [0.2, 0.25) is 0 Å². The normalized spacial score (nSPS) is 12.2. The van der Waals surface area contributed by atoms with E-state index in [1.165, 1.54) is 5.56 Å². The Morgan fingerprint density at radius 3 is 2.61 bits per heavy atom. The van der Waals surface area contributed by atoms with Crippen LogP contribution in [0.1, 0.15) is 31.7 Å². The van der Waals surface area contributed by atoms with E-state index in [9.17, 15) is 4.79 Å². The third-order valence-corrected chi connectivity index (χ3v) is 3.04.